The summed E-state index contributed by atoms with van der Waals surface area (Å²) in [6.45, 7) is 2.45. The van der Waals surface area contributed by atoms with E-state index in [1.165, 1.54) is 0 Å². The molecule has 0 radical (unpaired) electrons. The van der Waals surface area contributed by atoms with Gasteiger partial charge in [0, 0.05) is 19.3 Å². The van der Waals surface area contributed by atoms with E-state index in [0.29, 0.717) is 6.54 Å². The number of hydrogen-bond acceptors (Lipinski definition) is 3. The van der Waals surface area contributed by atoms with Crippen molar-refractivity contribution in [2.45, 2.75) is 13.1 Å². The highest BCUT2D eigenvalue weighted by Crippen LogP contribution is 2.33. The highest BCUT2D eigenvalue weighted by Gasteiger charge is 2.31. The summed E-state index contributed by atoms with van der Waals surface area (Å²) in [5.74, 6) is 0.246. The van der Waals surface area contributed by atoms with Crippen molar-refractivity contribution in [1.29, 1.82) is 0 Å². The zero-order chi connectivity index (χ0) is 13.1. The van der Waals surface area contributed by atoms with Crippen LogP contribution in [0, 0.1) is 0 Å². The van der Waals surface area contributed by atoms with Crippen LogP contribution < -0.4 is 4.90 Å². The van der Waals surface area contributed by atoms with Crippen molar-refractivity contribution in [2.75, 3.05) is 24.6 Å². The largest absolute Gasteiger partial charge is 0.417 e. The molecule has 1 heterocycles. The number of rotatable bonds is 4. The average Bonchev–Trinajstić information content (AvgIpc) is 2.25. The molecule has 0 aliphatic rings. The third-order valence-electron chi connectivity index (χ3n) is 2.20. The third kappa shape index (κ3) is 3.47. The number of hydrogen-bond donors (Lipinski definition) is 1. The van der Waals surface area contributed by atoms with Crippen molar-refractivity contribution in [1.82, 2.24) is 4.98 Å². The van der Waals surface area contributed by atoms with E-state index in [0.717, 1.165) is 12.3 Å². The van der Waals surface area contributed by atoms with E-state index in [4.69, 9.17) is 16.7 Å². The van der Waals surface area contributed by atoms with Crippen molar-refractivity contribution in [3.05, 3.63) is 22.8 Å². The van der Waals surface area contributed by atoms with Gasteiger partial charge in [-0.2, -0.15) is 13.2 Å². The van der Waals surface area contributed by atoms with E-state index in [-0.39, 0.29) is 24.0 Å². The Morgan fingerprint density at radius 2 is 2.12 bits per heavy atom. The number of aliphatic hydroxyl groups is 1. The molecular formula is C10H12ClF3N2O. The normalized spacial score (nSPS) is 11.6. The number of nitrogens with zero attached hydrogens (tertiary/aromatic N) is 2. The molecular weight excluding hydrogens is 257 g/mol. The Kier molecular flexibility index (Phi) is 4.59. The predicted molar refractivity (Wildman–Crippen MR) is 59.2 cm³/mol. The van der Waals surface area contributed by atoms with Crippen LogP contribution >= 0.6 is 11.6 Å². The number of alkyl halides is 3. The molecule has 0 saturated heterocycles. The van der Waals surface area contributed by atoms with Gasteiger partial charge in [-0.3, -0.25) is 0 Å². The van der Waals surface area contributed by atoms with Gasteiger partial charge in [0.05, 0.1) is 17.2 Å². The fraction of sp³-hybridized carbons (Fsp3) is 0.500. The second-order valence-electron chi connectivity index (χ2n) is 3.33. The molecule has 0 saturated carbocycles. The minimum Gasteiger partial charge on any atom is -0.395 e. The monoisotopic (exact) mass is 268 g/mol. The SMILES string of the molecule is CCN(CCO)c1ncc(C(F)(F)F)cc1Cl. The average molecular weight is 269 g/mol. The summed E-state index contributed by atoms with van der Waals surface area (Å²) in [4.78, 5) is 5.30. The number of aliphatic hydroxyl groups excluding tert-OH is 1. The fourth-order valence-electron chi connectivity index (χ4n) is 1.35. The van der Waals surface area contributed by atoms with Gasteiger partial charge in [0.15, 0.2) is 0 Å². The van der Waals surface area contributed by atoms with Gasteiger partial charge in [-0.25, -0.2) is 4.98 Å². The minimum absolute atomic E-state index is 0.0740. The van der Waals surface area contributed by atoms with Crippen molar-refractivity contribution in [2.24, 2.45) is 0 Å². The lowest BCUT2D eigenvalue weighted by molar-refractivity contribution is -0.137. The van der Waals surface area contributed by atoms with Gasteiger partial charge in [-0.15, -0.1) is 0 Å². The van der Waals surface area contributed by atoms with E-state index in [1.54, 1.807) is 11.8 Å². The first-order chi connectivity index (χ1) is 7.90. The van der Waals surface area contributed by atoms with Crippen LogP contribution in [-0.4, -0.2) is 29.8 Å². The molecule has 1 aromatic heterocycles. The fourth-order valence-corrected chi connectivity index (χ4v) is 1.64. The summed E-state index contributed by atoms with van der Waals surface area (Å²) in [6.07, 6.45) is -3.72. The topological polar surface area (TPSA) is 36.4 Å². The highest BCUT2D eigenvalue weighted by atomic mass is 35.5. The molecule has 0 bridgehead atoms. The van der Waals surface area contributed by atoms with Crippen LogP contribution in [0.3, 0.4) is 0 Å². The Hall–Kier alpha value is -1.01. The molecule has 3 nitrogen and oxygen atoms in total. The molecule has 17 heavy (non-hydrogen) atoms. The zero-order valence-corrected chi connectivity index (χ0v) is 9.89. The van der Waals surface area contributed by atoms with E-state index >= 15 is 0 Å². The van der Waals surface area contributed by atoms with Crippen molar-refractivity contribution >= 4 is 17.4 Å². The maximum Gasteiger partial charge on any atom is 0.417 e. The van der Waals surface area contributed by atoms with Gasteiger partial charge in [-0.1, -0.05) is 11.6 Å². The molecule has 0 aliphatic heterocycles. The lowest BCUT2D eigenvalue weighted by atomic mass is 10.2. The molecule has 96 valence electrons. The van der Waals surface area contributed by atoms with Crippen LogP contribution in [0.2, 0.25) is 5.02 Å². The van der Waals surface area contributed by atoms with Crippen molar-refractivity contribution < 1.29 is 18.3 Å². The third-order valence-corrected chi connectivity index (χ3v) is 2.48. The zero-order valence-electron chi connectivity index (χ0n) is 9.13. The van der Waals surface area contributed by atoms with Crippen LogP contribution in [-0.2, 0) is 6.18 Å². The number of halogens is 4. The number of pyridine rings is 1. The quantitative estimate of drug-likeness (QED) is 0.912. The summed E-state index contributed by atoms with van der Waals surface area (Å²) >= 11 is 5.76. The lowest BCUT2D eigenvalue weighted by Crippen LogP contribution is -2.27. The van der Waals surface area contributed by atoms with E-state index in [1.807, 2.05) is 0 Å². The Morgan fingerprint density at radius 3 is 2.53 bits per heavy atom. The lowest BCUT2D eigenvalue weighted by Gasteiger charge is -2.22. The molecule has 0 fully saturated rings. The molecule has 1 N–H and O–H groups in total. The Bertz CT molecular complexity index is 384. The number of anilines is 1. The van der Waals surface area contributed by atoms with Crippen LogP contribution in [0.15, 0.2) is 12.3 Å². The smallest absolute Gasteiger partial charge is 0.395 e. The summed E-state index contributed by atoms with van der Waals surface area (Å²) in [5.41, 5.74) is -0.883. The molecule has 7 heteroatoms. The Balaban J connectivity index is 3.04. The van der Waals surface area contributed by atoms with Gasteiger partial charge >= 0.3 is 6.18 Å². The number of likely N-dealkylation sites (N-methyl/N-ethyl adjacent to an activating group) is 1. The van der Waals surface area contributed by atoms with Gasteiger partial charge in [-0.05, 0) is 13.0 Å². The summed E-state index contributed by atoms with van der Waals surface area (Å²) in [5, 5.41) is 8.74. The minimum atomic E-state index is -4.46. The van der Waals surface area contributed by atoms with E-state index in [9.17, 15) is 13.2 Å². The number of aromatic nitrogens is 1. The van der Waals surface area contributed by atoms with Gasteiger partial charge in [0.1, 0.15) is 5.82 Å². The van der Waals surface area contributed by atoms with Crippen LogP contribution in [0.4, 0.5) is 19.0 Å². The van der Waals surface area contributed by atoms with Gasteiger partial charge in [0.2, 0.25) is 0 Å². The molecule has 0 atom stereocenters. The molecule has 0 unspecified atom stereocenters. The summed E-state index contributed by atoms with van der Waals surface area (Å²) in [6, 6.07) is 0.837. The standard InChI is InChI=1S/C10H12ClF3N2O/c1-2-16(3-4-17)9-8(11)5-7(6-15-9)10(12,13)14/h5-6,17H,2-4H2,1H3. The first-order valence-corrected chi connectivity index (χ1v) is 5.36. The maximum atomic E-state index is 12.4. The molecule has 1 rings (SSSR count). The maximum absolute atomic E-state index is 12.4. The Morgan fingerprint density at radius 1 is 1.47 bits per heavy atom. The highest BCUT2D eigenvalue weighted by molar-refractivity contribution is 6.33. The van der Waals surface area contributed by atoms with Crippen LogP contribution in [0.1, 0.15) is 12.5 Å². The van der Waals surface area contributed by atoms with Gasteiger partial charge in [0.25, 0.3) is 0 Å². The van der Waals surface area contributed by atoms with Gasteiger partial charge < -0.3 is 10.0 Å². The van der Waals surface area contributed by atoms with Crippen molar-refractivity contribution in [3.8, 4) is 0 Å². The first kappa shape index (κ1) is 14.1. The molecule has 0 aliphatic carbocycles. The van der Waals surface area contributed by atoms with Crippen molar-refractivity contribution in [3.63, 3.8) is 0 Å². The molecule has 0 spiro atoms. The predicted octanol–water partition coefficient (Wildman–Crippen LogP) is 2.57. The molecule has 1 aromatic rings. The summed E-state index contributed by atoms with van der Waals surface area (Å²) in [7, 11) is 0. The second kappa shape index (κ2) is 5.55. The second-order valence-corrected chi connectivity index (χ2v) is 3.74. The van der Waals surface area contributed by atoms with Crippen LogP contribution in [0.5, 0.6) is 0 Å². The Labute approximate surface area is 102 Å². The van der Waals surface area contributed by atoms with E-state index in [2.05, 4.69) is 4.98 Å². The van der Waals surface area contributed by atoms with E-state index < -0.39 is 11.7 Å². The van der Waals surface area contributed by atoms with Crippen LogP contribution in [0.25, 0.3) is 0 Å². The molecule has 0 aromatic carbocycles. The summed E-state index contributed by atoms with van der Waals surface area (Å²) < 4.78 is 37.1. The molecule has 0 amide bonds. The first-order valence-electron chi connectivity index (χ1n) is 4.98.